The second-order valence-corrected chi connectivity index (χ2v) is 9.27. The molecule has 0 saturated carbocycles. The van der Waals surface area contributed by atoms with E-state index in [0.717, 1.165) is 34.7 Å². The predicted octanol–water partition coefficient (Wildman–Crippen LogP) is 6.14. The largest absolute Gasteiger partial charge is 0.359 e. The lowest BCUT2D eigenvalue weighted by Gasteiger charge is -2.32. The van der Waals surface area contributed by atoms with Crippen molar-refractivity contribution in [3.63, 3.8) is 0 Å². The lowest BCUT2D eigenvalue weighted by Crippen LogP contribution is -2.39. The molecule has 0 aromatic heterocycles. The maximum atomic E-state index is 13.0. The summed E-state index contributed by atoms with van der Waals surface area (Å²) in [6.07, 6.45) is 4.51. The molecule has 1 fully saturated rings. The summed E-state index contributed by atoms with van der Waals surface area (Å²) < 4.78 is 0. The summed E-state index contributed by atoms with van der Waals surface area (Å²) in [5.41, 5.74) is 2.35. The Hall–Kier alpha value is -3.49. The summed E-state index contributed by atoms with van der Waals surface area (Å²) in [6, 6.07) is 30.6. The molecule has 5 heteroatoms. The zero-order chi connectivity index (χ0) is 22.9. The van der Waals surface area contributed by atoms with Gasteiger partial charge in [0.2, 0.25) is 0 Å². The third-order valence-electron chi connectivity index (χ3n) is 5.85. The van der Waals surface area contributed by atoms with Gasteiger partial charge in [-0.05, 0) is 55.0 Å². The molecule has 0 aliphatic carbocycles. The topological polar surface area (TPSA) is 56.1 Å². The van der Waals surface area contributed by atoms with Crippen molar-refractivity contribution >= 4 is 23.4 Å². The highest BCUT2D eigenvalue weighted by Gasteiger charge is 2.25. The molecule has 0 unspecified atom stereocenters. The smallest absolute Gasteiger partial charge is 0.266 e. The minimum absolute atomic E-state index is 0.135. The number of nitrogens with zero attached hydrogens (tertiary/aromatic N) is 2. The van der Waals surface area contributed by atoms with Crippen LogP contribution in [0.5, 0.6) is 0 Å². The molecule has 1 aliphatic rings. The first kappa shape index (κ1) is 22.7. The number of anilines is 1. The van der Waals surface area contributed by atoms with Crippen LogP contribution in [0.25, 0.3) is 0 Å². The summed E-state index contributed by atoms with van der Waals surface area (Å²) in [5, 5.41) is 12.8. The fourth-order valence-corrected chi connectivity index (χ4v) is 4.97. The zero-order valence-electron chi connectivity index (χ0n) is 18.5. The van der Waals surface area contributed by atoms with E-state index in [9.17, 15) is 10.1 Å². The van der Waals surface area contributed by atoms with E-state index < -0.39 is 0 Å². The van der Waals surface area contributed by atoms with Crippen molar-refractivity contribution < 1.29 is 4.79 Å². The molecule has 1 saturated heterocycles. The number of hydrogen-bond donors (Lipinski definition) is 1. The number of rotatable bonds is 7. The van der Waals surface area contributed by atoms with Crippen LogP contribution in [-0.4, -0.2) is 23.9 Å². The first-order chi connectivity index (χ1) is 16.2. The van der Waals surface area contributed by atoms with Gasteiger partial charge in [0.15, 0.2) is 0 Å². The molecule has 0 bridgehead atoms. The molecule has 4 rings (SSSR count). The molecule has 1 heterocycles. The van der Waals surface area contributed by atoms with Crippen molar-refractivity contribution in [1.29, 1.82) is 5.26 Å². The average Bonchev–Trinajstić information content (AvgIpc) is 2.87. The van der Waals surface area contributed by atoms with Crippen molar-refractivity contribution in [2.24, 2.45) is 5.92 Å². The van der Waals surface area contributed by atoms with Gasteiger partial charge in [-0.25, -0.2) is 0 Å². The molecule has 166 valence electrons. The Bertz CT molecular complexity index is 1130. The number of carbonyl (C=O) groups excluding carboxylic acids is 1. The molecule has 0 spiro atoms. The van der Waals surface area contributed by atoms with Gasteiger partial charge in [-0.3, -0.25) is 4.79 Å². The fraction of sp³-hybridized carbons (Fsp3) is 0.214. The number of benzene rings is 3. The number of likely N-dealkylation sites (tertiary alicyclic amines) is 1. The van der Waals surface area contributed by atoms with Gasteiger partial charge in [0.05, 0.1) is 5.69 Å². The highest BCUT2D eigenvalue weighted by Crippen LogP contribution is 2.33. The van der Waals surface area contributed by atoms with Crippen LogP contribution in [-0.2, 0) is 11.2 Å². The highest BCUT2D eigenvalue weighted by atomic mass is 32.2. The van der Waals surface area contributed by atoms with Crippen LogP contribution in [0.4, 0.5) is 5.69 Å². The molecule has 1 amide bonds. The van der Waals surface area contributed by atoms with Gasteiger partial charge in [0.1, 0.15) is 11.6 Å². The Morgan fingerprint density at radius 3 is 2.30 bits per heavy atom. The predicted molar refractivity (Wildman–Crippen MR) is 134 cm³/mol. The van der Waals surface area contributed by atoms with Crippen molar-refractivity contribution in [3.8, 4) is 6.07 Å². The number of nitrogens with one attached hydrogen (secondary N) is 1. The fourth-order valence-electron chi connectivity index (χ4n) is 4.04. The Balaban J connectivity index is 1.37. The first-order valence-electron chi connectivity index (χ1n) is 11.2. The molecular weight excluding hydrogens is 426 g/mol. The second-order valence-electron chi connectivity index (χ2n) is 8.15. The van der Waals surface area contributed by atoms with Gasteiger partial charge >= 0.3 is 0 Å². The molecule has 0 atom stereocenters. The van der Waals surface area contributed by atoms with Crippen molar-refractivity contribution in [2.45, 2.75) is 29.1 Å². The molecule has 0 radical (unpaired) electrons. The Kier molecular flexibility index (Phi) is 7.84. The minimum Gasteiger partial charge on any atom is -0.359 e. The van der Waals surface area contributed by atoms with Crippen LogP contribution in [0, 0.1) is 17.2 Å². The van der Waals surface area contributed by atoms with Gasteiger partial charge < -0.3 is 10.2 Å². The quantitative estimate of drug-likeness (QED) is 0.345. The van der Waals surface area contributed by atoms with Gasteiger partial charge in [0.25, 0.3) is 5.91 Å². The van der Waals surface area contributed by atoms with Gasteiger partial charge in [-0.15, -0.1) is 0 Å². The van der Waals surface area contributed by atoms with Crippen LogP contribution in [0.15, 0.2) is 106 Å². The first-order valence-corrected chi connectivity index (χ1v) is 12.1. The number of amides is 1. The van der Waals surface area contributed by atoms with Crippen LogP contribution in [0.1, 0.15) is 18.4 Å². The van der Waals surface area contributed by atoms with E-state index in [1.54, 1.807) is 18.0 Å². The molecule has 4 nitrogen and oxygen atoms in total. The number of hydrogen-bond acceptors (Lipinski definition) is 4. The average molecular weight is 454 g/mol. The van der Waals surface area contributed by atoms with Gasteiger partial charge in [-0.2, -0.15) is 5.26 Å². The normalized spacial score (nSPS) is 14.5. The number of carbonyl (C=O) groups is 1. The second kappa shape index (κ2) is 11.4. The van der Waals surface area contributed by atoms with E-state index in [0.29, 0.717) is 19.0 Å². The number of nitriles is 1. The third kappa shape index (κ3) is 6.27. The SMILES string of the molecule is N#C/C(=C/Nc1ccccc1Sc1ccccc1)C(=O)N1CCC(Cc2ccccc2)CC1. The number of para-hydroxylation sites is 1. The maximum Gasteiger partial charge on any atom is 0.266 e. The lowest BCUT2D eigenvalue weighted by molar-refractivity contribution is -0.128. The standard InChI is InChI=1S/C28H27N3OS/c29-20-24(21-30-26-13-7-8-14-27(26)33-25-11-5-2-6-12-25)28(32)31-17-15-23(16-18-31)19-22-9-3-1-4-10-22/h1-14,21,23,30H,15-19H2/b24-21-. The molecule has 3 aromatic rings. The molecule has 1 aliphatic heterocycles. The highest BCUT2D eigenvalue weighted by molar-refractivity contribution is 7.99. The van der Waals surface area contributed by atoms with E-state index in [-0.39, 0.29) is 11.5 Å². The van der Waals surface area contributed by atoms with Gasteiger partial charge in [-0.1, -0.05) is 72.4 Å². The van der Waals surface area contributed by atoms with Crippen molar-refractivity contribution in [3.05, 3.63) is 102 Å². The third-order valence-corrected chi connectivity index (χ3v) is 6.93. The zero-order valence-corrected chi connectivity index (χ0v) is 19.3. The Morgan fingerprint density at radius 1 is 0.970 bits per heavy atom. The maximum absolute atomic E-state index is 13.0. The monoisotopic (exact) mass is 453 g/mol. The summed E-state index contributed by atoms with van der Waals surface area (Å²) in [6.45, 7) is 1.38. The number of piperidine rings is 1. The molecular formula is C28H27N3OS. The molecule has 3 aromatic carbocycles. The minimum atomic E-state index is -0.198. The van der Waals surface area contributed by atoms with Crippen LogP contribution >= 0.6 is 11.8 Å². The summed E-state index contributed by atoms with van der Waals surface area (Å²) in [5.74, 6) is 0.377. The van der Waals surface area contributed by atoms with Crippen LogP contribution < -0.4 is 5.32 Å². The molecule has 33 heavy (non-hydrogen) atoms. The van der Waals surface area contributed by atoms with Crippen molar-refractivity contribution in [2.75, 3.05) is 18.4 Å². The molecule has 1 N–H and O–H groups in total. The van der Waals surface area contributed by atoms with E-state index in [1.165, 1.54) is 5.56 Å². The van der Waals surface area contributed by atoms with E-state index in [4.69, 9.17) is 0 Å². The van der Waals surface area contributed by atoms with E-state index in [1.807, 2.05) is 53.4 Å². The van der Waals surface area contributed by atoms with E-state index >= 15 is 0 Å². The lowest BCUT2D eigenvalue weighted by atomic mass is 9.90. The Morgan fingerprint density at radius 2 is 1.61 bits per heavy atom. The van der Waals surface area contributed by atoms with Crippen LogP contribution in [0.2, 0.25) is 0 Å². The summed E-state index contributed by atoms with van der Waals surface area (Å²) in [7, 11) is 0. The summed E-state index contributed by atoms with van der Waals surface area (Å²) in [4.78, 5) is 17.0. The Labute approximate surface area is 199 Å². The van der Waals surface area contributed by atoms with Gasteiger partial charge in [0, 0.05) is 29.1 Å². The van der Waals surface area contributed by atoms with Crippen LogP contribution in [0.3, 0.4) is 0 Å². The van der Waals surface area contributed by atoms with Crippen molar-refractivity contribution in [1.82, 2.24) is 4.90 Å². The van der Waals surface area contributed by atoms with E-state index in [2.05, 4.69) is 47.8 Å². The summed E-state index contributed by atoms with van der Waals surface area (Å²) >= 11 is 1.64.